The van der Waals surface area contributed by atoms with Crippen molar-refractivity contribution in [1.29, 1.82) is 0 Å². The molecule has 0 N–H and O–H groups in total. The fourth-order valence-electron chi connectivity index (χ4n) is 1.60. The summed E-state index contributed by atoms with van der Waals surface area (Å²) in [5.41, 5.74) is 2.28. The standard InChI is InChI=1S/C12H19NO2S/c1-10(2)12-8-6-5-7-11(12)9-13(3)16(4,14)15/h5-8,10H,9H2,1-4H3. The first-order valence-corrected chi connectivity index (χ1v) is 7.16. The first-order valence-electron chi connectivity index (χ1n) is 5.31. The van der Waals surface area contributed by atoms with E-state index < -0.39 is 10.0 Å². The maximum Gasteiger partial charge on any atom is 0.211 e. The molecule has 3 nitrogen and oxygen atoms in total. The predicted molar refractivity (Wildman–Crippen MR) is 66.8 cm³/mol. The van der Waals surface area contributed by atoms with Gasteiger partial charge < -0.3 is 0 Å². The first-order chi connectivity index (χ1) is 7.32. The third-order valence-electron chi connectivity index (χ3n) is 2.64. The third-order valence-corrected chi connectivity index (χ3v) is 3.90. The fraction of sp³-hybridized carbons (Fsp3) is 0.500. The van der Waals surface area contributed by atoms with Gasteiger partial charge in [0.25, 0.3) is 0 Å². The van der Waals surface area contributed by atoms with Gasteiger partial charge in [0, 0.05) is 13.6 Å². The molecule has 90 valence electrons. The van der Waals surface area contributed by atoms with E-state index in [4.69, 9.17) is 0 Å². The first kappa shape index (κ1) is 13.2. The van der Waals surface area contributed by atoms with Crippen molar-refractivity contribution in [3.8, 4) is 0 Å². The Labute approximate surface area is 98.1 Å². The average molecular weight is 241 g/mol. The van der Waals surface area contributed by atoms with E-state index in [0.29, 0.717) is 12.5 Å². The summed E-state index contributed by atoms with van der Waals surface area (Å²) in [7, 11) is -1.51. The van der Waals surface area contributed by atoms with Crippen LogP contribution < -0.4 is 0 Å². The van der Waals surface area contributed by atoms with Crippen molar-refractivity contribution in [3.63, 3.8) is 0 Å². The van der Waals surface area contributed by atoms with Gasteiger partial charge >= 0.3 is 0 Å². The van der Waals surface area contributed by atoms with Crippen molar-refractivity contribution >= 4 is 10.0 Å². The van der Waals surface area contributed by atoms with Gasteiger partial charge in [-0.25, -0.2) is 12.7 Å². The Morgan fingerprint density at radius 1 is 1.25 bits per heavy atom. The zero-order chi connectivity index (χ0) is 12.3. The van der Waals surface area contributed by atoms with Gasteiger partial charge in [0.1, 0.15) is 0 Å². The molecule has 0 aliphatic rings. The van der Waals surface area contributed by atoms with Crippen molar-refractivity contribution in [1.82, 2.24) is 4.31 Å². The minimum Gasteiger partial charge on any atom is -0.213 e. The number of hydrogen-bond donors (Lipinski definition) is 0. The van der Waals surface area contributed by atoms with E-state index in [2.05, 4.69) is 19.9 Å². The lowest BCUT2D eigenvalue weighted by Crippen LogP contribution is -2.25. The largest absolute Gasteiger partial charge is 0.213 e. The minimum absolute atomic E-state index is 0.407. The van der Waals surface area contributed by atoms with Crippen LogP contribution in [-0.2, 0) is 16.6 Å². The smallest absolute Gasteiger partial charge is 0.211 e. The Balaban J connectivity index is 2.98. The second kappa shape index (κ2) is 4.97. The Bertz CT molecular complexity index is 452. The van der Waals surface area contributed by atoms with Crippen LogP contribution in [0.5, 0.6) is 0 Å². The molecule has 0 aromatic heterocycles. The van der Waals surface area contributed by atoms with E-state index in [0.717, 1.165) is 5.56 Å². The molecule has 0 amide bonds. The number of rotatable bonds is 4. The van der Waals surface area contributed by atoms with Crippen LogP contribution in [-0.4, -0.2) is 26.0 Å². The average Bonchev–Trinajstić information content (AvgIpc) is 2.16. The molecule has 0 fully saturated rings. The Kier molecular flexibility index (Phi) is 4.10. The molecule has 1 rings (SSSR count). The van der Waals surface area contributed by atoms with Gasteiger partial charge in [-0.05, 0) is 17.0 Å². The summed E-state index contributed by atoms with van der Waals surface area (Å²) < 4.78 is 24.1. The number of benzene rings is 1. The van der Waals surface area contributed by atoms with E-state index in [1.54, 1.807) is 7.05 Å². The number of nitrogens with zero attached hydrogens (tertiary/aromatic N) is 1. The highest BCUT2D eigenvalue weighted by Crippen LogP contribution is 2.20. The molecule has 0 radical (unpaired) electrons. The van der Waals surface area contributed by atoms with Gasteiger partial charge in [0.05, 0.1) is 6.26 Å². The van der Waals surface area contributed by atoms with Crippen LogP contribution in [0.15, 0.2) is 24.3 Å². The molecule has 0 spiro atoms. The lowest BCUT2D eigenvalue weighted by molar-refractivity contribution is 0.470. The number of hydrogen-bond acceptors (Lipinski definition) is 2. The quantitative estimate of drug-likeness (QED) is 0.810. The van der Waals surface area contributed by atoms with Gasteiger partial charge in [-0.2, -0.15) is 0 Å². The maximum atomic E-state index is 11.3. The highest BCUT2D eigenvalue weighted by atomic mass is 32.2. The van der Waals surface area contributed by atoms with Crippen molar-refractivity contribution in [2.24, 2.45) is 0 Å². The normalized spacial score (nSPS) is 12.4. The zero-order valence-electron chi connectivity index (χ0n) is 10.3. The Morgan fingerprint density at radius 2 is 1.81 bits per heavy atom. The van der Waals surface area contributed by atoms with Crippen LogP contribution in [0.3, 0.4) is 0 Å². The summed E-state index contributed by atoms with van der Waals surface area (Å²) in [5, 5.41) is 0. The molecule has 1 aromatic carbocycles. The van der Waals surface area contributed by atoms with Crippen LogP contribution >= 0.6 is 0 Å². The molecule has 0 heterocycles. The molecule has 16 heavy (non-hydrogen) atoms. The molecule has 4 heteroatoms. The second-order valence-corrected chi connectivity index (χ2v) is 6.46. The van der Waals surface area contributed by atoms with E-state index in [1.807, 2.05) is 18.2 Å². The number of sulfonamides is 1. The van der Waals surface area contributed by atoms with Gasteiger partial charge in [-0.3, -0.25) is 0 Å². The van der Waals surface area contributed by atoms with Crippen LogP contribution in [0, 0.1) is 0 Å². The fourth-order valence-corrected chi connectivity index (χ4v) is 1.97. The van der Waals surface area contributed by atoms with Crippen molar-refractivity contribution in [3.05, 3.63) is 35.4 Å². The van der Waals surface area contributed by atoms with Crippen LogP contribution in [0.2, 0.25) is 0 Å². The summed E-state index contributed by atoms with van der Waals surface area (Å²) in [5.74, 6) is 0.407. The molecule has 0 bridgehead atoms. The highest BCUT2D eigenvalue weighted by molar-refractivity contribution is 7.88. The predicted octanol–water partition coefficient (Wildman–Crippen LogP) is 2.20. The monoisotopic (exact) mass is 241 g/mol. The van der Waals surface area contributed by atoms with Crippen molar-refractivity contribution in [2.75, 3.05) is 13.3 Å². The maximum absolute atomic E-state index is 11.3. The molecule has 0 saturated heterocycles. The Hall–Kier alpha value is -0.870. The summed E-state index contributed by atoms with van der Waals surface area (Å²) in [4.78, 5) is 0. The molecule has 0 saturated carbocycles. The van der Waals surface area contributed by atoms with Crippen LogP contribution in [0.25, 0.3) is 0 Å². The molecular weight excluding hydrogens is 222 g/mol. The SMILES string of the molecule is CC(C)c1ccccc1CN(C)S(C)(=O)=O. The van der Waals surface area contributed by atoms with Crippen LogP contribution in [0.4, 0.5) is 0 Å². The topological polar surface area (TPSA) is 37.4 Å². The molecule has 1 aromatic rings. The molecule has 0 atom stereocenters. The van der Waals surface area contributed by atoms with Gasteiger partial charge in [-0.15, -0.1) is 0 Å². The van der Waals surface area contributed by atoms with Gasteiger partial charge in [0.2, 0.25) is 10.0 Å². The van der Waals surface area contributed by atoms with Crippen LogP contribution in [0.1, 0.15) is 30.9 Å². The van der Waals surface area contributed by atoms with E-state index in [9.17, 15) is 8.42 Å². The molecule has 0 unspecified atom stereocenters. The lowest BCUT2D eigenvalue weighted by atomic mass is 9.97. The minimum atomic E-state index is -3.11. The zero-order valence-corrected chi connectivity index (χ0v) is 11.1. The molecule has 0 aliphatic carbocycles. The van der Waals surface area contributed by atoms with Crippen molar-refractivity contribution < 1.29 is 8.42 Å². The van der Waals surface area contributed by atoms with Crippen molar-refractivity contribution in [2.45, 2.75) is 26.3 Å². The highest BCUT2D eigenvalue weighted by Gasteiger charge is 2.14. The van der Waals surface area contributed by atoms with Gasteiger partial charge in [0.15, 0.2) is 0 Å². The van der Waals surface area contributed by atoms with Gasteiger partial charge in [-0.1, -0.05) is 38.1 Å². The Morgan fingerprint density at radius 3 is 2.31 bits per heavy atom. The second-order valence-electron chi connectivity index (χ2n) is 4.37. The summed E-state index contributed by atoms with van der Waals surface area (Å²) in [6.07, 6.45) is 1.23. The summed E-state index contributed by atoms with van der Waals surface area (Å²) in [6, 6.07) is 7.96. The third kappa shape index (κ3) is 3.32. The van der Waals surface area contributed by atoms with E-state index in [1.165, 1.54) is 16.1 Å². The lowest BCUT2D eigenvalue weighted by Gasteiger charge is -2.18. The molecule has 0 aliphatic heterocycles. The van der Waals surface area contributed by atoms with E-state index >= 15 is 0 Å². The molecular formula is C12H19NO2S. The summed E-state index contributed by atoms with van der Waals surface area (Å²) >= 11 is 0. The van der Waals surface area contributed by atoms with E-state index in [-0.39, 0.29) is 0 Å². The summed E-state index contributed by atoms with van der Waals surface area (Å²) in [6.45, 7) is 4.66.